The van der Waals surface area contributed by atoms with Gasteiger partial charge in [-0.25, -0.2) is 0 Å². The fraction of sp³-hybridized carbons (Fsp3) is 0.0714. The van der Waals surface area contributed by atoms with Gasteiger partial charge in [0.1, 0.15) is 0 Å². The minimum Gasteiger partial charge on any atom is -0.376 e. The molecule has 4 heteroatoms. The summed E-state index contributed by atoms with van der Waals surface area (Å²) in [5.74, 6) is 0. The molecular weight excluding hydrogens is 260 g/mol. The SMILES string of the molecule is CSc1ccc(-c2ccccc2NC(N)=S)cc1. The summed E-state index contributed by atoms with van der Waals surface area (Å²) in [6.07, 6.45) is 2.07. The Labute approximate surface area is 117 Å². The Kier molecular flexibility index (Phi) is 4.23. The second kappa shape index (κ2) is 5.89. The molecule has 0 fully saturated rings. The molecule has 0 aliphatic rings. The Balaban J connectivity index is 2.39. The van der Waals surface area contributed by atoms with Crippen LogP contribution in [0.25, 0.3) is 11.1 Å². The van der Waals surface area contributed by atoms with E-state index < -0.39 is 0 Å². The van der Waals surface area contributed by atoms with E-state index in [1.165, 1.54) is 4.90 Å². The zero-order valence-corrected chi connectivity index (χ0v) is 11.6. The second-order valence-electron chi connectivity index (χ2n) is 3.76. The first-order valence-corrected chi connectivity index (χ1v) is 7.14. The van der Waals surface area contributed by atoms with E-state index in [0.717, 1.165) is 16.8 Å². The standard InChI is InChI=1S/C14H14N2S2/c1-18-11-8-6-10(7-9-11)12-4-2-3-5-13(12)16-14(15)17/h2-9H,1H3,(H3,15,16,17). The quantitative estimate of drug-likeness (QED) is 0.660. The van der Waals surface area contributed by atoms with Crippen molar-refractivity contribution in [1.82, 2.24) is 0 Å². The van der Waals surface area contributed by atoms with E-state index in [2.05, 4.69) is 41.9 Å². The number of hydrogen-bond acceptors (Lipinski definition) is 2. The molecular formula is C14H14N2S2. The molecule has 2 aromatic carbocycles. The monoisotopic (exact) mass is 274 g/mol. The van der Waals surface area contributed by atoms with Crippen LogP contribution in [0.1, 0.15) is 0 Å². The maximum atomic E-state index is 5.53. The lowest BCUT2D eigenvalue weighted by Gasteiger charge is -2.11. The van der Waals surface area contributed by atoms with Gasteiger partial charge in [0.15, 0.2) is 5.11 Å². The molecule has 0 aliphatic carbocycles. The Morgan fingerprint density at radius 2 is 1.78 bits per heavy atom. The van der Waals surface area contributed by atoms with Crippen molar-refractivity contribution in [3.05, 3.63) is 48.5 Å². The van der Waals surface area contributed by atoms with Crippen LogP contribution in [-0.2, 0) is 0 Å². The zero-order valence-electron chi connectivity index (χ0n) is 10.0. The van der Waals surface area contributed by atoms with Gasteiger partial charge in [0.2, 0.25) is 0 Å². The van der Waals surface area contributed by atoms with Gasteiger partial charge in [0.25, 0.3) is 0 Å². The van der Waals surface area contributed by atoms with E-state index in [-0.39, 0.29) is 5.11 Å². The minimum absolute atomic E-state index is 0.281. The van der Waals surface area contributed by atoms with Crippen molar-refractivity contribution in [3.8, 4) is 11.1 Å². The largest absolute Gasteiger partial charge is 0.376 e. The molecule has 0 aromatic heterocycles. The number of hydrogen-bond donors (Lipinski definition) is 2. The molecule has 18 heavy (non-hydrogen) atoms. The highest BCUT2D eigenvalue weighted by Gasteiger charge is 2.04. The summed E-state index contributed by atoms with van der Waals surface area (Å²) in [4.78, 5) is 1.25. The van der Waals surface area contributed by atoms with Gasteiger partial charge in [-0.05, 0) is 42.2 Å². The average molecular weight is 274 g/mol. The van der Waals surface area contributed by atoms with E-state index in [9.17, 15) is 0 Å². The molecule has 0 heterocycles. The van der Waals surface area contributed by atoms with Crippen molar-refractivity contribution in [2.75, 3.05) is 11.6 Å². The van der Waals surface area contributed by atoms with Gasteiger partial charge in [-0.3, -0.25) is 0 Å². The Hall–Kier alpha value is -1.52. The third-order valence-corrected chi connectivity index (χ3v) is 3.43. The molecule has 0 saturated carbocycles. The van der Waals surface area contributed by atoms with Crippen LogP contribution in [0.2, 0.25) is 0 Å². The highest BCUT2D eigenvalue weighted by molar-refractivity contribution is 7.98. The predicted octanol–water partition coefficient (Wildman–Crippen LogP) is 3.73. The smallest absolute Gasteiger partial charge is 0.168 e. The Morgan fingerprint density at radius 3 is 2.39 bits per heavy atom. The zero-order chi connectivity index (χ0) is 13.0. The molecule has 92 valence electrons. The number of nitrogens with two attached hydrogens (primary N) is 1. The van der Waals surface area contributed by atoms with Gasteiger partial charge in [0, 0.05) is 16.1 Å². The van der Waals surface area contributed by atoms with Crippen molar-refractivity contribution in [1.29, 1.82) is 0 Å². The van der Waals surface area contributed by atoms with Crippen LogP contribution >= 0.6 is 24.0 Å². The highest BCUT2D eigenvalue weighted by Crippen LogP contribution is 2.29. The number of benzene rings is 2. The lowest BCUT2D eigenvalue weighted by Crippen LogP contribution is -2.19. The number of anilines is 1. The second-order valence-corrected chi connectivity index (χ2v) is 5.08. The molecule has 0 spiro atoms. The van der Waals surface area contributed by atoms with Crippen molar-refractivity contribution in [2.24, 2.45) is 5.73 Å². The normalized spacial score (nSPS) is 10.1. The van der Waals surface area contributed by atoms with Crippen LogP contribution in [0, 0.1) is 0 Å². The number of thioether (sulfide) groups is 1. The lowest BCUT2D eigenvalue weighted by atomic mass is 10.0. The average Bonchev–Trinajstić information content (AvgIpc) is 2.39. The molecule has 0 atom stereocenters. The summed E-state index contributed by atoms with van der Waals surface area (Å²) in [5, 5.41) is 3.29. The number of rotatable bonds is 3. The van der Waals surface area contributed by atoms with E-state index in [4.69, 9.17) is 18.0 Å². The summed E-state index contributed by atoms with van der Waals surface area (Å²) >= 11 is 6.62. The van der Waals surface area contributed by atoms with Crippen LogP contribution in [-0.4, -0.2) is 11.4 Å². The van der Waals surface area contributed by atoms with Crippen LogP contribution in [0.3, 0.4) is 0 Å². The molecule has 0 bridgehead atoms. The van der Waals surface area contributed by atoms with Gasteiger partial charge in [-0.15, -0.1) is 11.8 Å². The Morgan fingerprint density at radius 1 is 1.11 bits per heavy atom. The van der Waals surface area contributed by atoms with Crippen LogP contribution in [0.15, 0.2) is 53.4 Å². The topological polar surface area (TPSA) is 38.0 Å². The first-order chi connectivity index (χ1) is 8.70. The first kappa shape index (κ1) is 12.9. The minimum atomic E-state index is 0.281. The molecule has 0 radical (unpaired) electrons. The molecule has 0 unspecified atom stereocenters. The maximum Gasteiger partial charge on any atom is 0.168 e. The van der Waals surface area contributed by atoms with E-state index in [1.807, 2.05) is 18.2 Å². The molecule has 2 nitrogen and oxygen atoms in total. The number of thiocarbonyl (C=S) groups is 1. The van der Waals surface area contributed by atoms with Gasteiger partial charge in [0.05, 0.1) is 0 Å². The predicted molar refractivity (Wildman–Crippen MR) is 84.1 cm³/mol. The fourth-order valence-corrected chi connectivity index (χ4v) is 2.27. The van der Waals surface area contributed by atoms with E-state index in [1.54, 1.807) is 11.8 Å². The number of nitrogens with one attached hydrogen (secondary N) is 1. The lowest BCUT2D eigenvalue weighted by molar-refractivity contribution is 1.46. The van der Waals surface area contributed by atoms with Gasteiger partial charge in [-0.1, -0.05) is 30.3 Å². The highest BCUT2D eigenvalue weighted by atomic mass is 32.2. The van der Waals surface area contributed by atoms with Crippen molar-refractivity contribution in [3.63, 3.8) is 0 Å². The van der Waals surface area contributed by atoms with E-state index in [0.29, 0.717) is 0 Å². The van der Waals surface area contributed by atoms with Crippen molar-refractivity contribution in [2.45, 2.75) is 4.90 Å². The van der Waals surface area contributed by atoms with E-state index >= 15 is 0 Å². The molecule has 3 N–H and O–H groups in total. The van der Waals surface area contributed by atoms with Crippen LogP contribution < -0.4 is 11.1 Å². The summed E-state index contributed by atoms with van der Waals surface area (Å²) < 4.78 is 0. The summed E-state index contributed by atoms with van der Waals surface area (Å²) in [5.41, 5.74) is 8.71. The molecule has 0 amide bonds. The van der Waals surface area contributed by atoms with Crippen LogP contribution in [0.4, 0.5) is 5.69 Å². The maximum absolute atomic E-state index is 5.53. The van der Waals surface area contributed by atoms with Gasteiger partial charge < -0.3 is 11.1 Å². The molecule has 0 aliphatic heterocycles. The Bertz CT molecular complexity index is 550. The first-order valence-electron chi connectivity index (χ1n) is 5.50. The summed E-state index contributed by atoms with van der Waals surface area (Å²) in [6, 6.07) is 16.4. The number of para-hydroxylation sites is 1. The van der Waals surface area contributed by atoms with Crippen molar-refractivity contribution >= 4 is 34.8 Å². The molecule has 0 saturated heterocycles. The molecule has 2 aromatic rings. The molecule has 2 rings (SSSR count). The summed E-state index contributed by atoms with van der Waals surface area (Å²) in [7, 11) is 0. The summed E-state index contributed by atoms with van der Waals surface area (Å²) in [6.45, 7) is 0. The van der Waals surface area contributed by atoms with Crippen LogP contribution in [0.5, 0.6) is 0 Å². The third kappa shape index (κ3) is 3.03. The van der Waals surface area contributed by atoms with Gasteiger partial charge >= 0.3 is 0 Å². The van der Waals surface area contributed by atoms with Gasteiger partial charge in [-0.2, -0.15) is 0 Å². The van der Waals surface area contributed by atoms with Crippen molar-refractivity contribution < 1.29 is 0 Å². The fourth-order valence-electron chi connectivity index (χ4n) is 1.75. The third-order valence-electron chi connectivity index (χ3n) is 2.59.